The molecule has 28 heavy (non-hydrogen) atoms. The van der Waals surface area contributed by atoms with Crippen LogP contribution < -0.4 is 5.73 Å². The van der Waals surface area contributed by atoms with Gasteiger partial charge < -0.3 is 10.6 Å². The molecular formula is C25H55ClN2. The van der Waals surface area contributed by atoms with E-state index < -0.39 is 0 Å². The van der Waals surface area contributed by atoms with Gasteiger partial charge in [-0.05, 0) is 59.8 Å². The van der Waals surface area contributed by atoms with Crippen molar-refractivity contribution in [3.05, 3.63) is 12.2 Å². The van der Waals surface area contributed by atoms with E-state index in [1.165, 1.54) is 116 Å². The molecular weight excluding hydrogens is 364 g/mol. The van der Waals surface area contributed by atoms with E-state index in [0.29, 0.717) is 0 Å². The molecule has 0 saturated carbocycles. The predicted octanol–water partition coefficient (Wildman–Crippen LogP) is 8.14. The SMILES string of the molecule is CCCCCCCC/C=C\CCCCCCCCCCCCN.CN(C)C.Cl. The summed E-state index contributed by atoms with van der Waals surface area (Å²) >= 11 is 0. The molecule has 0 saturated heterocycles. The van der Waals surface area contributed by atoms with E-state index in [9.17, 15) is 0 Å². The van der Waals surface area contributed by atoms with E-state index in [2.05, 4.69) is 19.1 Å². The second-order valence-corrected chi connectivity index (χ2v) is 8.48. The first-order chi connectivity index (χ1) is 13.1. The molecule has 0 bridgehead atoms. The van der Waals surface area contributed by atoms with Gasteiger partial charge in [0.15, 0.2) is 0 Å². The Morgan fingerprint density at radius 2 is 0.821 bits per heavy atom. The van der Waals surface area contributed by atoms with Crippen LogP contribution in [0.25, 0.3) is 0 Å². The molecule has 0 amide bonds. The van der Waals surface area contributed by atoms with Crippen LogP contribution in [0.1, 0.15) is 122 Å². The highest BCUT2D eigenvalue weighted by Gasteiger charge is 1.92. The lowest BCUT2D eigenvalue weighted by Crippen LogP contribution is -1.99. The molecule has 0 aromatic rings. The molecule has 0 fully saturated rings. The van der Waals surface area contributed by atoms with E-state index in [1.54, 1.807) is 0 Å². The van der Waals surface area contributed by atoms with Crippen LogP contribution in [0, 0.1) is 0 Å². The highest BCUT2D eigenvalue weighted by molar-refractivity contribution is 5.85. The van der Waals surface area contributed by atoms with Crippen molar-refractivity contribution in [1.82, 2.24) is 4.90 Å². The fourth-order valence-corrected chi connectivity index (χ4v) is 3.10. The van der Waals surface area contributed by atoms with Gasteiger partial charge in [-0.3, -0.25) is 0 Å². The van der Waals surface area contributed by atoms with Gasteiger partial charge in [-0.15, -0.1) is 12.4 Å². The lowest BCUT2D eigenvalue weighted by atomic mass is 10.1. The van der Waals surface area contributed by atoms with Crippen molar-refractivity contribution < 1.29 is 0 Å². The van der Waals surface area contributed by atoms with Gasteiger partial charge >= 0.3 is 0 Å². The number of allylic oxidation sites excluding steroid dienone is 2. The number of hydrogen-bond donors (Lipinski definition) is 1. The Morgan fingerprint density at radius 1 is 0.536 bits per heavy atom. The first-order valence-corrected chi connectivity index (χ1v) is 12.1. The van der Waals surface area contributed by atoms with Gasteiger partial charge in [0.1, 0.15) is 0 Å². The minimum Gasteiger partial charge on any atom is -0.330 e. The Hall–Kier alpha value is -0.0500. The van der Waals surface area contributed by atoms with E-state index in [4.69, 9.17) is 5.73 Å². The van der Waals surface area contributed by atoms with Crippen LogP contribution in [0.3, 0.4) is 0 Å². The fraction of sp³-hybridized carbons (Fsp3) is 0.920. The molecule has 0 aromatic heterocycles. The molecule has 3 heteroatoms. The molecule has 0 aliphatic rings. The summed E-state index contributed by atoms with van der Waals surface area (Å²) in [6.45, 7) is 3.15. The van der Waals surface area contributed by atoms with Crippen molar-refractivity contribution in [2.24, 2.45) is 5.73 Å². The zero-order valence-corrected chi connectivity index (χ0v) is 20.8. The molecule has 0 aliphatic carbocycles. The van der Waals surface area contributed by atoms with Crippen molar-refractivity contribution in [2.45, 2.75) is 122 Å². The number of rotatable bonds is 19. The number of halogens is 1. The Morgan fingerprint density at radius 3 is 1.14 bits per heavy atom. The number of hydrogen-bond acceptors (Lipinski definition) is 2. The third-order valence-electron chi connectivity index (χ3n) is 4.72. The monoisotopic (exact) mass is 418 g/mol. The first kappa shape index (κ1) is 32.6. The maximum atomic E-state index is 5.50. The summed E-state index contributed by atoms with van der Waals surface area (Å²) in [4.78, 5) is 2.00. The summed E-state index contributed by atoms with van der Waals surface area (Å²) in [5, 5.41) is 0. The maximum absolute atomic E-state index is 5.50. The summed E-state index contributed by atoms with van der Waals surface area (Å²) in [5.41, 5.74) is 5.50. The highest BCUT2D eigenvalue weighted by atomic mass is 35.5. The average molecular weight is 419 g/mol. The largest absolute Gasteiger partial charge is 0.330 e. The molecule has 2 nitrogen and oxygen atoms in total. The van der Waals surface area contributed by atoms with Gasteiger partial charge in [-0.25, -0.2) is 0 Å². The van der Waals surface area contributed by atoms with Crippen molar-refractivity contribution >= 4 is 12.4 Å². The van der Waals surface area contributed by atoms with Crippen LogP contribution in [-0.2, 0) is 0 Å². The van der Waals surface area contributed by atoms with Gasteiger partial charge in [-0.2, -0.15) is 0 Å². The fourth-order valence-electron chi connectivity index (χ4n) is 3.10. The third-order valence-corrected chi connectivity index (χ3v) is 4.72. The minimum atomic E-state index is 0. The van der Waals surface area contributed by atoms with E-state index >= 15 is 0 Å². The van der Waals surface area contributed by atoms with E-state index in [-0.39, 0.29) is 12.4 Å². The highest BCUT2D eigenvalue weighted by Crippen LogP contribution is 2.12. The van der Waals surface area contributed by atoms with Crippen LogP contribution in [0.15, 0.2) is 12.2 Å². The second-order valence-electron chi connectivity index (χ2n) is 8.48. The van der Waals surface area contributed by atoms with Gasteiger partial charge in [0, 0.05) is 0 Å². The molecule has 0 rings (SSSR count). The summed E-state index contributed by atoms with van der Waals surface area (Å²) in [6.07, 6.45) is 29.8. The van der Waals surface area contributed by atoms with Crippen LogP contribution >= 0.6 is 12.4 Å². The lowest BCUT2D eigenvalue weighted by molar-refractivity contribution is 0.505. The van der Waals surface area contributed by atoms with Crippen LogP contribution in [0.5, 0.6) is 0 Å². The standard InChI is InChI=1S/C22H45N.C3H9N.ClH/c1-2-3-4-5-6-7-8-9-10-11-12-13-14-15-16-17-18-19-20-21-22-23;1-4(2)3;/h9-10H,2-8,11-23H2,1H3;1-3H3;1H/b10-9-;;. The van der Waals surface area contributed by atoms with Gasteiger partial charge in [0.2, 0.25) is 0 Å². The summed E-state index contributed by atoms with van der Waals surface area (Å²) in [5.74, 6) is 0. The predicted molar refractivity (Wildman–Crippen MR) is 134 cm³/mol. The molecule has 0 unspecified atom stereocenters. The molecule has 0 aliphatic heterocycles. The van der Waals surface area contributed by atoms with Crippen LogP contribution in [0.4, 0.5) is 0 Å². The van der Waals surface area contributed by atoms with Crippen molar-refractivity contribution in [3.63, 3.8) is 0 Å². The minimum absolute atomic E-state index is 0. The van der Waals surface area contributed by atoms with Gasteiger partial charge in [-0.1, -0.05) is 103 Å². The molecule has 172 valence electrons. The molecule has 0 heterocycles. The Labute approximate surface area is 185 Å². The Balaban J connectivity index is -0.00000113. The summed E-state index contributed by atoms with van der Waals surface area (Å²) in [6, 6.07) is 0. The molecule has 0 aromatic carbocycles. The second kappa shape index (κ2) is 31.6. The normalized spacial score (nSPS) is 10.8. The Bertz CT molecular complexity index is 265. The van der Waals surface area contributed by atoms with Gasteiger partial charge in [0.05, 0.1) is 0 Å². The number of nitrogens with zero attached hydrogens (tertiary/aromatic N) is 1. The first-order valence-electron chi connectivity index (χ1n) is 12.1. The lowest BCUT2D eigenvalue weighted by Gasteiger charge is -2.01. The maximum Gasteiger partial charge on any atom is -0.00773 e. The summed E-state index contributed by atoms with van der Waals surface area (Å²) < 4.78 is 0. The Kier molecular flexibility index (Phi) is 36.8. The third kappa shape index (κ3) is 40.6. The molecule has 2 N–H and O–H groups in total. The number of nitrogens with two attached hydrogens (primary N) is 1. The van der Waals surface area contributed by atoms with Crippen molar-refractivity contribution in [3.8, 4) is 0 Å². The van der Waals surface area contributed by atoms with E-state index in [1.807, 2.05) is 26.0 Å². The average Bonchev–Trinajstić information content (AvgIpc) is 2.63. The molecule has 0 radical (unpaired) electrons. The van der Waals surface area contributed by atoms with Crippen molar-refractivity contribution in [2.75, 3.05) is 27.7 Å². The zero-order chi connectivity index (χ0) is 20.4. The quantitative estimate of drug-likeness (QED) is 0.169. The zero-order valence-electron chi connectivity index (χ0n) is 20.0. The molecule has 0 atom stereocenters. The van der Waals surface area contributed by atoms with Crippen LogP contribution in [-0.4, -0.2) is 32.6 Å². The smallest absolute Gasteiger partial charge is 0.00773 e. The van der Waals surface area contributed by atoms with Crippen molar-refractivity contribution in [1.29, 1.82) is 0 Å². The summed E-state index contributed by atoms with van der Waals surface area (Å²) in [7, 11) is 6.00. The van der Waals surface area contributed by atoms with E-state index in [0.717, 1.165) is 6.54 Å². The van der Waals surface area contributed by atoms with Gasteiger partial charge in [0.25, 0.3) is 0 Å². The topological polar surface area (TPSA) is 29.3 Å². The molecule has 0 spiro atoms. The number of unbranched alkanes of at least 4 members (excludes halogenated alkanes) is 16. The van der Waals surface area contributed by atoms with Crippen LogP contribution in [0.2, 0.25) is 0 Å².